The molecule has 0 aliphatic carbocycles. The number of hydrogen-bond acceptors (Lipinski definition) is 5. The summed E-state index contributed by atoms with van der Waals surface area (Å²) in [5.41, 5.74) is 2.07. The molecule has 8 nitrogen and oxygen atoms in total. The van der Waals surface area contributed by atoms with Crippen LogP contribution in [-0.4, -0.2) is 58.1 Å². The van der Waals surface area contributed by atoms with Crippen LogP contribution in [0.2, 0.25) is 0 Å². The number of hydrogen-bond donors (Lipinski definition) is 1. The van der Waals surface area contributed by atoms with Gasteiger partial charge in [-0.3, -0.25) is 13.9 Å². The highest BCUT2D eigenvalue weighted by atomic mass is 32.2. The summed E-state index contributed by atoms with van der Waals surface area (Å²) >= 11 is 0. The van der Waals surface area contributed by atoms with Gasteiger partial charge in [-0.25, -0.2) is 8.42 Å². The maximum absolute atomic E-state index is 13.4. The molecule has 1 N–H and O–H groups in total. The number of benzene rings is 2. The van der Waals surface area contributed by atoms with Gasteiger partial charge in [-0.2, -0.15) is 0 Å². The molecule has 0 aliphatic heterocycles. The summed E-state index contributed by atoms with van der Waals surface area (Å²) in [6.45, 7) is 3.40. The summed E-state index contributed by atoms with van der Waals surface area (Å²) in [7, 11) is -0.660. The van der Waals surface area contributed by atoms with Gasteiger partial charge in [0.15, 0.2) is 0 Å². The van der Waals surface area contributed by atoms with Gasteiger partial charge < -0.3 is 15.0 Å². The van der Waals surface area contributed by atoms with Gasteiger partial charge in [0.05, 0.1) is 19.1 Å². The Morgan fingerprint density at radius 1 is 1.12 bits per heavy atom. The number of sulfonamides is 1. The molecule has 0 fully saturated rings. The van der Waals surface area contributed by atoms with Gasteiger partial charge >= 0.3 is 0 Å². The highest BCUT2D eigenvalue weighted by Crippen LogP contribution is 2.21. The number of nitrogens with one attached hydrogen (secondary N) is 1. The van der Waals surface area contributed by atoms with E-state index in [1.165, 1.54) is 11.9 Å². The first-order valence-corrected chi connectivity index (χ1v) is 12.1. The van der Waals surface area contributed by atoms with E-state index in [-0.39, 0.29) is 12.5 Å². The lowest BCUT2D eigenvalue weighted by Crippen LogP contribution is -2.51. The Morgan fingerprint density at radius 3 is 2.28 bits per heavy atom. The Morgan fingerprint density at radius 2 is 1.78 bits per heavy atom. The zero-order valence-electron chi connectivity index (χ0n) is 19.2. The smallest absolute Gasteiger partial charge is 0.244 e. The second-order valence-corrected chi connectivity index (χ2v) is 9.42. The molecule has 32 heavy (non-hydrogen) atoms. The van der Waals surface area contributed by atoms with E-state index in [2.05, 4.69) is 5.32 Å². The normalized spacial score (nSPS) is 12.0. The van der Waals surface area contributed by atoms with Gasteiger partial charge in [0, 0.05) is 13.6 Å². The molecule has 2 aromatic carbocycles. The van der Waals surface area contributed by atoms with E-state index < -0.39 is 28.5 Å². The second-order valence-electron chi connectivity index (χ2n) is 7.52. The second kappa shape index (κ2) is 11.0. The van der Waals surface area contributed by atoms with Crippen molar-refractivity contribution in [3.63, 3.8) is 0 Å². The molecule has 1 unspecified atom stereocenters. The number of ether oxygens (including phenoxy) is 1. The monoisotopic (exact) mass is 461 g/mol. The minimum atomic E-state index is -3.73. The Hall–Kier alpha value is -3.07. The van der Waals surface area contributed by atoms with Crippen molar-refractivity contribution in [1.82, 2.24) is 10.2 Å². The molecule has 9 heteroatoms. The fourth-order valence-electron chi connectivity index (χ4n) is 3.41. The largest absolute Gasteiger partial charge is 0.497 e. The third kappa shape index (κ3) is 6.46. The molecular weight excluding hydrogens is 430 g/mol. The molecule has 2 amide bonds. The predicted molar refractivity (Wildman–Crippen MR) is 125 cm³/mol. The van der Waals surface area contributed by atoms with Gasteiger partial charge in [0.1, 0.15) is 18.3 Å². The van der Waals surface area contributed by atoms with Crippen LogP contribution in [0.4, 0.5) is 5.69 Å². The molecule has 2 aromatic rings. The van der Waals surface area contributed by atoms with Crippen molar-refractivity contribution in [1.29, 1.82) is 0 Å². The van der Waals surface area contributed by atoms with Crippen LogP contribution in [0, 0.1) is 6.92 Å². The minimum Gasteiger partial charge on any atom is -0.497 e. The number of amides is 2. The average Bonchev–Trinajstić information content (AvgIpc) is 2.76. The van der Waals surface area contributed by atoms with E-state index in [0.717, 1.165) is 21.7 Å². The van der Waals surface area contributed by atoms with Crippen molar-refractivity contribution < 1.29 is 22.7 Å². The molecule has 2 rings (SSSR count). The van der Waals surface area contributed by atoms with Crippen LogP contribution >= 0.6 is 0 Å². The number of nitrogens with zero attached hydrogens (tertiary/aromatic N) is 2. The number of methoxy groups -OCH3 is 1. The van der Waals surface area contributed by atoms with Crippen molar-refractivity contribution in [2.45, 2.75) is 32.9 Å². The summed E-state index contributed by atoms with van der Waals surface area (Å²) in [5, 5.41) is 2.59. The average molecular weight is 462 g/mol. The van der Waals surface area contributed by atoms with Crippen LogP contribution < -0.4 is 14.4 Å². The van der Waals surface area contributed by atoms with E-state index in [1.54, 1.807) is 37.4 Å². The quantitative estimate of drug-likeness (QED) is 0.586. The number of anilines is 1. The highest BCUT2D eigenvalue weighted by Gasteiger charge is 2.31. The number of carbonyl (C=O) groups excluding carboxylic acids is 2. The van der Waals surface area contributed by atoms with E-state index in [0.29, 0.717) is 17.9 Å². The van der Waals surface area contributed by atoms with Crippen LogP contribution in [-0.2, 0) is 26.2 Å². The summed E-state index contributed by atoms with van der Waals surface area (Å²) in [4.78, 5) is 27.4. The summed E-state index contributed by atoms with van der Waals surface area (Å²) in [6.07, 6.45) is 1.44. The fraction of sp³-hybridized carbons (Fsp3) is 0.391. The first-order valence-electron chi connectivity index (χ1n) is 10.3. The molecule has 0 saturated carbocycles. The van der Waals surface area contributed by atoms with E-state index >= 15 is 0 Å². The minimum absolute atomic E-state index is 0.153. The van der Waals surface area contributed by atoms with Gasteiger partial charge in [0.2, 0.25) is 21.8 Å². The standard InChI is InChI=1S/C23H31N3O5S/c1-6-21(23(28)24-3)25(15-18-10-12-20(31-4)13-11-18)22(27)16-26(32(5,29)30)19-9-7-8-17(2)14-19/h7-14,21H,6,15-16H2,1-5H3,(H,24,28). The molecule has 0 radical (unpaired) electrons. The first kappa shape index (κ1) is 25.2. The van der Waals surface area contributed by atoms with Crippen molar-refractivity contribution in [3.05, 3.63) is 59.7 Å². The number of aryl methyl sites for hydroxylation is 1. The molecule has 0 bridgehead atoms. The summed E-state index contributed by atoms with van der Waals surface area (Å²) in [5.74, 6) is -0.105. The van der Waals surface area contributed by atoms with E-state index in [1.807, 2.05) is 32.0 Å². The summed E-state index contributed by atoms with van der Waals surface area (Å²) < 4.78 is 31.3. The Kier molecular flexibility index (Phi) is 8.65. The van der Waals surface area contributed by atoms with Gasteiger partial charge in [-0.1, -0.05) is 31.2 Å². The molecule has 174 valence electrons. The fourth-order valence-corrected chi connectivity index (χ4v) is 4.25. The van der Waals surface area contributed by atoms with Crippen LogP contribution in [0.5, 0.6) is 5.75 Å². The lowest BCUT2D eigenvalue weighted by Gasteiger charge is -2.32. The lowest BCUT2D eigenvalue weighted by molar-refractivity contribution is -0.140. The van der Waals surface area contributed by atoms with E-state index in [9.17, 15) is 18.0 Å². The van der Waals surface area contributed by atoms with Crippen molar-refractivity contribution in [3.8, 4) is 5.75 Å². The maximum atomic E-state index is 13.4. The van der Waals surface area contributed by atoms with Crippen LogP contribution in [0.3, 0.4) is 0 Å². The van der Waals surface area contributed by atoms with Gasteiger partial charge in [-0.05, 0) is 48.7 Å². The SMILES string of the molecule is CCC(C(=O)NC)N(Cc1ccc(OC)cc1)C(=O)CN(c1cccc(C)c1)S(C)(=O)=O. The first-order chi connectivity index (χ1) is 15.1. The Balaban J connectivity index is 2.41. The third-order valence-electron chi connectivity index (χ3n) is 5.11. The topological polar surface area (TPSA) is 96.0 Å². The molecule has 1 atom stereocenters. The molecule has 0 aromatic heterocycles. The zero-order valence-corrected chi connectivity index (χ0v) is 20.0. The predicted octanol–water partition coefficient (Wildman–Crippen LogP) is 2.32. The molecular formula is C23H31N3O5S. The highest BCUT2D eigenvalue weighted by molar-refractivity contribution is 7.92. The van der Waals surface area contributed by atoms with Gasteiger partial charge in [0.25, 0.3) is 0 Å². The number of likely N-dealkylation sites (N-methyl/N-ethyl adjacent to an activating group) is 1. The Labute approximate surface area is 190 Å². The molecule has 0 aliphatic rings. The van der Waals surface area contributed by atoms with Crippen molar-refractivity contribution >= 4 is 27.5 Å². The van der Waals surface area contributed by atoms with E-state index in [4.69, 9.17) is 4.74 Å². The van der Waals surface area contributed by atoms with Gasteiger partial charge in [-0.15, -0.1) is 0 Å². The van der Waals surface area contributed by atoms with Crippen molar-refractivity contribution in [2.75, 3.05) is 31.3 Å². The van der Waals surface area contributed by atoms with Crippen molar-refractivity contribution in [2.24, 2.45) is 0 Å². The molecule has 0 saturated heterocycles. The molecule has 0 spiro atoms. The number of carbonyl (C=O) groups is 2. The number of rotatable bonds is 10. The lowest BCUT2D eigenvalue weighted by atomic mass is 10.1. The van der Waals surface area contributed by atoms with Crippen LogP contribution in [0.25, 0.3) is 0 Å². The van der Waals surface area contributed by atoms with Crippen LogP contribution in [0.15, 0.2) is 48.5 Å². The van der Waals surface area contributed by atoms with Crippen LogP contribution in [0.1, 0.15) is 24.5 Å². The maximum Gasteiger partial charge on any atom is 0.244 e. The molecule has 0 heterocycles. The zero-order chi connectivity index (χ0) is 23.9. The summed E-state index contributed by atoms with van der Waals surface area (Å²) in [6, 6.07) is 13.4. The third-order valence-corrected chi connectivity index (χ3v) is 6.25. The Bertz CT molecular complexity index is 1040.